The molecule has 0 heterocycles. The molecule has 3 heteroatoms. The predicted octanol–water partition coefficient (Wildman–Crippen LogP) is 0.608. The van der Waals surface area contributed by atoms with Crippen LogP contribution in [-0.2, 0) is 0 Å². The molecule has 0 aliphatic carbocycles. The molecule has 0 radical (unpaired) electrons. The zero-order valence-corrected chi connectivity index (χ0v) is 7.58. The minimum atomic E-state index is 0. The topological polar surface area (TPSA) is 0 Å². The molecule has 0 N–H and O–H groups in total. The fraction of sp³-hybridized carbons (Fsp3) is 0. The molecule has 1 aromatic carbocycles. The summed E-state index contributed by atoms with van der Waals surface area (Å²) < 4.78 is 1.30. The van der Waals surface area contributed by atoms with Gasteiger partial charge < -0.3 is 0 Å². The summed E-state index contributed by atoms with van der Waals surface area (Å²) in [7, 11) is 2.68. The van der Waals surface area contributed by atoms with Gasteiger partial charge in [0.05, 0.1) is 8.41 Å². The van der Waals surface area contributed by atoms with Crippen LogP contribution in [0, 0.1) is 3.57 Å². The molecular weight excluding hydrogens is 241 g/mol. The van der Waals surface area contributed by atoms with Crippen LogP contribution in [0.4, 0.5) is 0 Å². The van der Waals surface area contributed by atoms with Crippen LogP contribution in [0.1, 0.15) is 0 Å². The fourth-order valence-electron chi connectivity index (χ4n) is 0.475. The van der Waals surface area contributed by atoms with Crippen molar-refractivity contribution in [3.63, 3.8) is 0 Å². The van der Waals surface area contributed by atoms with Crippen molar-refractivity contribution in [3.05, 3.63) is 27.8 Å². The van der Waals surface area contributed by atoms with Crippen LogP contribution in [0.25, 0.3) is 0 Å². The van der Waals surface area contributed by atoms with Crippen LogP contribution in [0.15, 0.2) is 24.3 Å². The van der Waals surface area contributed by atoms with Crippen molar-refractivity contribution >= 4 is 45.5 Å². The standard InChI is InChI=1S/C6H6IP.BH3/c7-5-3-1-2-4-6(5)8;/h1-4H,8H2;1H3. The third-order valence-corrected chi connectivity index (χ3v) is 2.98. The van der Waals surface area contributed by atoms with Crippen molar-refractivity contribution in [3.8, 4) is 0 Å². The number of hydrogen-bond acceptors (Lipinski definition) is 0. The maximum atomic E-state index is 2.68. The summed E-state index contributed by atoms with van der Waals surface area (Å²) >= 11 is 2.30. The van der Waals surface area contributed by atoms with Gasteiger partial charge in [0, 0.05) is 3.57 Å². The molecule has 1 rings (SSSR count). The summed E-state index contributed by atoms with van der Waals surface area (Å²) in [6.45, 7) is 0. The SMILES string of the molecule is B.Pc1ccccc1I. The molecule has 1 unspecified atom stereocenters. The largest absolute Gasteiger partial charge is 0.104 e. The first-order valence-electron chi connectivity index (χ1n) is 2.31. The Bertz CT molecular complexity index is 169. The van der Waals surface area contributed by atoms with E-state index in [9.17, 15) is 0 Å². The van der Waals surface area contributed by atoms with Crippen molar-refractivity contribution in [2.45, 2.75) is 0 Å². The lowest BCUT2D eigenvalue weighted by molar-refractivity contribution is 1.72. The normalized spacial score (nSPS) is 8.22. The summed E-state index contributed by atoms with van der Waals surface area (Å²) in [6, 6.07) is 8.23. The molecule has 1 atom stereocenters. The highest BCUT2D eigenvalue weighted by atomic mass is 127. The van der Waals surface area contributed by atoms with Crippen molar-refractivity contribution in [1.82, 2.24) is 0 Å². The molecule has 0 aliphatic rings. The van der Waals surface area contributed by atoms with E-state index >= 15 is 0 Å². The van der Waals surface area contributed by atoms with Crippen LogP contribution in [-0.4, -0.2) is 8.41 Å². The zero-order chi connectivity index (χ0) is 5.98. The van der Waals surface area contributed by atoms with E-state index in [4.69, 9.17) is 0 Å². The summed E-state index contributed by atoms with van der Waals surface area (Å²) in [5.41, 5.74) is 0. The number of rotatable bonds is 0. The highest BCUT2D eigenvalue weighted by Crippen LogP contribution is 2.02. The molecule has 0 bridgehead atoms. The third kappa shape index (κ3) is 2.68. The third-order valence-electron chi connectivity index (χ3n) is 0.905. The fourth-order valence-corrected chi connectivity index (χ4v) is 1.07. The van der Waals surface area contributed by atoms with Gasteiger partial charge >= 0.3 is 0 Å². The summed E-state index contributed by atoms with van der Waals surface area (Å²) in [5.74, 6) is 0. The highest BCUT2D eigenvalue weighted by Gasteiger charge is 1.86. The minimum absolute atomic E-state index is 0. The average molecular weight is 250 g/mol. The molecule has 0 aromatic heterocycles. The molecule has 1 aromatic rings. The van der Waals surface area contributed by atoms with Crippen LogP contribution < -0.4 is 5.30 Å². The molecule has 9 heavy (non-hydrogen) atoms. The van der Waals surface area contributed by atoms with Gasteiger partial charge in [0.25, 0.3) is 0 Å². The quantitative estimate of drug-likeness (QED) is 0.359. The van der Waals surface area contributed by atoms with Crippen LogP contribution in [0.5, 0.6) is 0 Å². The minimum Gasteiger partial charge on any atom is -0.104 e. The molecule has 48 valence electrons. The number of benzene rings is 1. The van der Waals surface area contributed by atoms with Gasteiger partial charge in [-0.2, -0.15) is 0 Å². The zero-order valence-electron chi connectivity index (χ0n) is 4.26. The Morgan fingerprint density at radius 2 is 1.78 bits per heavy atom. The number of halogens is 1. The average Bonchev–Trinajstić information content (AvgIpc) is 1.77. The Hall–Kier alpha value is 0.445. The highest BCUT2D eigenvalue weighted by molar-refractivity contribution is 14.1. The van der Waals surface area contributed by atoms with Gasteiger partial charge in [-0.05, 0) is 34.0 Å². The lowest BCUT2D eigenvalue weighted by Gasteiger charge is -1.91. The van der Waals surface area contributed by atoms with Gasteiger partial charge in [-0.1, -0.05) is 18.2 Å². The summed E-state index contributed by atoms with van der Waals surface area (Å²) in [6.07, 6.45) is 0. The van der Waals surface area contributed by atoms with Gasteiger partial charge in [0.1, 0.15) is 0 Å². The van der Waals surface area contributed by atoms with Gasteiger partial charge in [0.2, 0.25) is 0 Å². The van der Waals surface area contributed by atoms with Crippen molar-refractivity contribution in [1.29, 1.82) is 0 Å². The molecule has 0 fully saturated rings. The first-order valence-corrected chi connectivity index (χ1v) is 3.96. The maximum Gasteiger partial charge on any atom is 0.0814 e. The van der Waals surface area contributed by atoms with E-state index in [1.165, 1.54) is 8.87 Å². The summed E-state index contributed by atoms with van der Waals surface area (Å²) in [4.78, 5) is 0. The predicted molar refractivity (Wildman–Crippen MR) is 58.4 cm³/mol. The lowest BCUT2D eigenvalue weighted by atomic mass is 10.4. The van der Waals surface area contributed by atoms with Crippen LogP contribution >= 0.6 is 31.8 Å². The Morgan fingerprint density at radius 3 is 2.11 bits per heavy atom. The molecular formula is C6H9BIP. The molecule has 0 nitrogen and oxygen atoms in total. The number of hydrogen-bond donors (Lipinski definition) is 0. The van der Waals surface area contributed by atoms with Crippen molar-refractivity contribution in [2.75, 3.05) is 0 Å². The molecule has 0 saturated heterocycles. The molecule has 0 amide bonds. The Balaban J connectivity index is 0.000000640. The Kier molecular flexibility index (Phi) is 4.50. The van der Waals surface area contributed by atoms with Gasteiger partial charge in [-0.25, -0.2) is 0 Å². The summed E-state index contributed by atoms with van der Waals surface area (Å²) in [5, 5.41) is 1.27. The van der Waals surface area contributed by atoms with E-state index in [0.29, 0.717) is 0 Å². The van der Waals surface area contributed by atoms with E-state index < -0.39 is 0 Å². The van der Waals surface area contributed by atoms with Crippen LogP contribution in [0.3, 0.4) is 0 Å². The van der Waals surface area contributed by atoms with Gasteiger partial charge in [-0.15, -0.1) is 9.24 Å². The first kappa shape index (κ1) is 9.44. The Morgan fingerprint density at radius 1 is 1.22 bits per heavy atom. The van der Waals surface area contributed by atoms with Gasteiger partial charge in [-0.3, -0.25) is 0 Å². The second-order valence-electron chi connectivity index (χ2n) is 1.52. The second kappa shape index (κ2) is 4.29. The smallest absolute Gasteiger partial charge is 0.0814 e. The molecule has 0 saturated carbocycles. The van der Waals surface area contributed by atoms with E-state index in [1.807, 2.05) is 12.1 Å². The van der Waals surface area contributed by atoms with E-state index in [2.05, 4.69) is 44.0 Å². The lowest BCUT2D eigenvalue weighted by Crippen LogP contribution is -1.92. The van der Waals surface area contributed by atoms with E-state index in [-0.39, 0.29) is 8.41 Å². The van der Waals surface area contributed by atoms with Gasteiger partial charge in [0.15, 0.2) is 0 Å². The van der Waals surface area contributed by atoms with Crippen LogP contribution in [0.2, 0.25) is 0 Å². The first-order chi connectivity index (χ1) is 3.80. The maximum absolute atomic E-state index is 2.68. The molecule has 0 spiro atoms. The van der Waals surface area contributed by atoms with E-state index in [1.54, 1.807) is 0 Å². The monoisotopic (exact) mass is 250 g/mol. The second-order valence-corrected chi connectivity index (χ2v) is 3.31. The Labute approximate surface area is 73.3 Å². The van der Waals surface area contributed by atoms with Crippen molar-refractivity contribution < 1.29 is 0 Å². The molecule has 0 aliphatic heterocycles. The van der Waals surface area contributed by atoms with E-state index in [0.717, 1.165) is 0 Å². The van der Waals surface area contributed by atoms with Crippen molar-refractivity contribution in [2.24, 2.45) is 0 Å².